The highest BCUT2D eigenvalue weighted by Gasteiger charge is 2.14. The van der Waals surface area contributed by atoms with Gasteiger partial charge in [-0.15, -0.1) is 15.3 Å². The van der Waals surface area contributed by atoms with Crippen LogP contribution in [0.15, 0.2) is 29.4 Å². The number of carbonyl (C=O) groups excluding carboxylic acids is 2. The second-order valence-corrected chi connectivity index (χ2v) is 7.18. The smallest absolute Gasteiger partial charge is 0.236 e. The Bertz CT molecular complexity index is 937. The Morgan fingerprint density at radius 3 is 2.85 bits per heavy atom. The van der Waals surface area contributed by atoms with Gasteiger partial charge in [0.1, 0.15) is 5.01 Å². The van der Waals surface area contributed by atoms with E-state index < -0.39 is 0 Å². The second kappa shape index (κ2) is 8.15. The summed E-state index contributed by atoms with van der Waals surface area (Å²) in [6.45, 7) is 3.47. The zero-order valence-electron chi connectivity index (χ0n) is 14.0. The number of Topliss-reactive ketones (excluding diaryl/α,β-unsaturated/α-hetero) is 1. The van der Waals surface area contributed by atoms with Gasteiger partial charge in [-0.2, -0.15) is 4.68 Å². The number of benzene rings is 1. The van der Waals surface area contributed by atoms with Gasteiger partial charge in [0.2, 0.25) is 16.2 Å². The number of thioether (sulfide) groups is 1. The van der Waals surface area contributed by atoms with Crippen LogP contribution in [0.5, 0.6) is 0 Å². The van der Waals surface area contributed by atoms with E-state index in [2.05, 4.69) is 31.0 Å². The Labute approximate surface area is 157 Å². The highest BCUT2D eigenvalue weighted by Crippen LogP contribution is 2.20. The van der Waals surface area contributed by atoms with Crippen molar-refractivity contribution in [2.75, 3.05) is 11.1 Å². The van der Waals surface area contributed by atoms with Crippen molar-refractivity contribution < 1.29 is 9.59 Å². The summed E-state index contributed by atoms with van der Waals surface area (Å²) in [6.07, 6.45) is 0.774. The molecule has 2 heterocycles. The zero-order valence-corrected chi connectivity index (χ0v) is 15.7. The van der Waals surface area contributed by atoms with Crippen LogP contribution in [0.4, 0.5) is 5.13 Å². The molecule has 0 saturated heterocycles. The summed E-state index contributed by atoms with van der Waals surface area (Å²) in [6, 6.07) is 6.98. The molecule has 1 amide bonds. The molecular formula is C15H15N7O2S2. The Balaban J connectivity index is 1.66. The number of anilines is 1. The molecule has 0 aliphatic rings. The lowest BCUT2D eigenvalue weighted by Crippen LogP contribution is -2.14. The Morgan fingerprint density at radius 2 is 2.12 bits per heavy atom. The number of aryl methyl sites for hydroxylation is 1. The molecule has 0 atom stereocenters. The second-order valence-electron chi connectivity index (χ2n) is 5.17. The third-order valence-corrected chi connectivity index (χ3v) is 5.19. The summed E-state index contributed by atoms with van der Waals surface area (Å²) in [5, 5.41) is 23.9. The van der Waals surface area contributed by atoms with Gasteiger partial charge >= 0.3 is 0 Å². The van der Waals surface area contributed by atoms with Gasteiger partial charge in [0.15, 0.2) is 5.78 Å². The van der Waals surface area contributed by atoms with Crippen LogP contribution in [-0.2, 0) is 11.2 Å². The Kier molecular flexibility index (Phi) is 5.68. The molecule has 1 N–H and O–H groups in total. The SMILES string of the molecule is CCc1nnc(NC(=O)CSc2nnnn2-c2cccc(C(C)=O)c2)s1. The van der Waals surface area contributed by atoms with Gasteiger partial charge in [0.05, 0.1) is 11.4 Å². The molecule has 0 saturated carbocycles. The summed E-state index contributed by atoms with van der Waals surface area (Å²) in [5.41, 5.74) is 1.22. The first-order valence-electron chi connectivity index (χ1n) is 7.71. The number of tetrazole rings is 1. The molecule has 0 radical (unpaired) electrons. The number of aromatic nitrogens is 6. The quantitative estimate of drug-likeness (QED) is 0.482. The molecule has 3 aromatic rings. The fourth-order valence-electron chi connectivity index (χ4n) is 2.02. The molecular weight excluding hydrogens is 374 g/mol. The van der Waals surface area contributed by atoms with Crippen LogP contribution in [0.3, 0.4) is 0 Å². The van der Waals surface area contributed by atoms with Crippen LogP contribution in [-0.4, -0.2) is 47.8 Å². The average molecular weight is 389 g/mol. The van der Waals surface area contributed by atoms with Crippen LogP contribution in [0, 0.1) is 0 Å². The van der Waals surface area contributed by atoms with Crippen LogP contribution in [0.1, 0.15) is 29.2 Å². The molecule has 0 fully saturated rings. The summed E-state index contributed by atoms with van der Waals surface area (Å²) in [7, 11) is 0. The average Bonchev–Trinajstić information content (AvgIpc) is 3.29. The van der Waals surface area contributed by atoms with Gasteiger partial charge in [0.25, 0.3) is 0 Å². The van der Waals surface area contributed by atoms with E-state index in [4.69, 9.17) is 0 Å². The lowest BCUT2D eigenvalue weighted by atomic mass is 10.1. The van der Waals surface area contributed by atoms with Crippen LogP contribution < -0.4 is 5.32 Å². The van der Waals surface area contributed by atoms with E-state index in [1.54, 1.807) is 24.3 Å². The van der Waals surface area contributed by atoms with Crippen LogP contribution in [0.2, 0.25) is 0 Å². The standard InChI is InChI=1S/C15H15N7O2S2/c1-3-13-17-18-14(26-13)16-12(24)8-25-15-19-20-21-22(15)11-6-4-5-10(7-11)9(2)23/h4-7H,3,8H2,1-2H3,(H,16,18,24). The summed E-state index contributed by atoms with van der Waals surface area (Å²) in [4.78, 5) is 23.6. The van der Waals surface area contributed by atoms with Gasteiger partial charge in [0, 0.05) is 5.56 Å². The zero-order chi connectivity index (χ0) is 18.5. The predicted octanol–water partition coefficient (Wildman–Crippen LogP) is 2.01. The molecule has 1 aromatic carbocycles. The van der Waals surface area contributed by atoms with Crippen molar-refractivity contribution in [2.24, 2.45) is 0 Å². The first kappa shape index (κ1) is 18.1. The van der Waals surface area contributed by atoms with Crippen molar-refractivity contribution in [3.05, 3.63) is 34.8 Å². The van der Waals surface area contributed by atoms with Crippen molar-refractivity contribution in [3.63, 3.8) is 0 Å². The van der Waals surface area contributed by atoms with Crippen LogP contribution in [0.25, 0.3) is 5.69 Å². The Hall–Kier alpha value is -2.66. The van der Waals surface area contributed by atoms with Gasteiger partial charge < -0.3 is 0 Å². The van der Waals surface area contributed by atoms with E-state index in [1.165, 1.54) is 34.7 Å². The topological polar surface area (TPSA) is 116 Å². The molecule has 2 aromatic heterocycles. The number of hydrogen-bond donors (Lipinski definition) is 1. The van der Waals surface area contributed by atoms with Crippen molar-refractivity contribution in [1.29, 1.82) is 0 Å². The van der Waals surface area contributed by atoms with Gasteiger partial charge in [-0.05, 0) is 35.9 Å². The maximum absolute atomic E-state index is 12.1. The fraction of sp³-hybridized carbons (Fsp3) is 0.267. The molecule has 9 nitrogen and oxygen atoms in total. The van der Waals surface area contributed by atoms with Gasteiger partial charge in [-0.1, -0.05) is 42.2 Å². The lowest BCUT2D eigenvalue weighted by molar-refractivity contribution is -0.113. The highest BCUT2D eigenvalue weighted by atomic mass is 32.2. The minimum atomic E-state index is -0.221. The third kappa shape index (κ3) is 4.29. The number of amides is 1. The van der Waals surface area contributed by atoms with E-state index in [0.717, 1.165) is 11.4 Å². The van der Waals surface area contributed by atoms with Crippen LogP contribution >= 0.6 is 23.1 Å². The molecule has 0 unspecified atom stereocenters. The third-order valence-electron chi connectivity index (χ3n) is 3.29. The number of nitrogens with one attached hydrogen (secondary N) is 1. The number of carbonyl (C=O) groups is 2. The number of ketones is 1. The predicted molar refractivity (Wildman–Crippen MR) is 97.8 cm³/mol. The summed E-state index contributed by atoms with van der Waals surface area (Å²) < 4.78 is 1.49. The molecule has 0 aliphatic heterocycles. The first-order chi connectivity index (χ1) is 12.6. The van der Waals surface area contributed by atoms with Crippen molar-refractivity contribution in [3.8, 4) is 5.69 Å². The lowest BCUT2D eigenvalue weighted by Gasteiger charge is -2.05. The monoisotopic (exact) mass is 389 g/mol. The molecule has 26 heavy (non-hydrogen) atoms. The van der Waals surface area contributed by atoms with Crippen molar-refractivity contribution >= 4 is 39.9 Å². The normalized spacial score (nSPS) is 10.7. The number of nitrogens with zero attached hydrogens (tertiary/aromatic N) is 6. The molecule has 0 bridgehead atoms. The fourth-order valence-corrected chi connectivity index (χ4v) is 3.41. The molecule has 0 spiro atoms. The number of rotatable bonds is 7. The molecule has 3 rings (SSSR count). The molecule has 11 heteroatoms. The van der Waals surface area contributed by atoms with Crippen molar-refractivity contribution in [1.82, 2.24) is 30.4 Å². The molecule has 0 aliphatic carbocycles. The van der Waals surface area contributed by atoms with E-state index in [-0.39, 0.29) is 17.4 Å². The van der Waals surface area contributed by atoms with E-state index in [9.17, 15) is 9.59 Å². The van der Waals surface area contributed by atoms with Crippen molar-refractivity contribution in [2.45, 2.75) is 25.4 Å². The molecule has 134 valence electrons. The minimum Gasteiger partial charge on any atom is -0.300 e. The van der Waals surface area contributed by atoms with Gasteiger partial charge in [-0.25, -0.2) is 0 Å². The highest BCUT2D eigenvalue weighted by molar-refractivity contribution is 7.99. The first-order valence-corrected chi connectivity index (χ1v) is 9.52. The maximum atomic E-state index is 12.1. The number of hydrogen-bond acceptors (Lipinski definition) is 9. The van der Waals surface area contributed by atoms with E-state index in [1.807, 2.05) is 6.92 Å². The maximum Gasteiger partial charge on any atom is 0.236 e. The summed E-state index contributed by atoms with van der Waals surface area (Å²) in [5.74, 6) is -0.147. The summed E-state index contributed by atoms with van der Waals surface area (Å²) >= 11 is 2.54. The van der Waals surface area contributed by atoms with E-state index in [0.29, 0.717) is 21.5 Å². The Morgan fingerprint density at radius 1 is 1.27 bits per heavy atom. The largest absolute Gasteiger partial charge is 0.300 e. The van der Waals surface area contributed by atoms with E-state index >= 15 is 0 Å². The minimum absolute atomic E-state index is 0.0444. The van der Waals surface area contributed by atoms with Gasteiger partial charge in [-0.3, -0.25) is 14.9 Å².